The molecule has 0 amide bonds. The van der Waals surface area contributed by atoms with E-state index in [-0.39, 0.29) is 12.2 Å². The summed E-state index contributed by atoms with van der Waals surface area (Å²) in [5, 5.41) is 17.1. The van der Waals surface area contributed by atoms with Crippen molar-refractivity contribution in [3.05, 3.63) is 220 Å². The maximum Gasteiger partial charge on any atom is 0.132 e. The van der Waals surface area contributed by atoms with Gasteiger partial charge < -0.3 is 10.1 Å². The molecule has 0 saturated heterocycles. The third-order valence-corrected chi connectivity index (χ3v) is 10.7. The van der Waals surface area contributed by atoms with Gasteiger partial charge in [-0.05, 0) is 93.1 Å². The fourth-order valence-electron chi connectivity index (χ4n) is 8.35. The van der Waals surface area contributed by atoms with Gasteiger partial charge in [0.05, 0.1) is 23.1 Å². The first-order chi connectivity index (χ1) is 25.2. The van der Waals surface area contributed by atoms with Gasteiger partial charge in [0.25, 0.3) is 0 Å². The Hall–Kier alpha value is -6.63. The van der Waals surface area contributed by atoms with Gasteiger partial charge in [-0.15, -0.1) is 5.73 Å². The van der Waals surface area contributed by atoms with E-state index in [4.69, 9.17) is 4.74 Å². The highest BCUT2D eigenvalue weighted by Crippen LogP contribution is 2.62. The summed E-state index contributed by atoms with van der Waals surface area (Å²) < 4.78 is 6.64. The lowest BCUT2D eigenvalue weighted by Crippen LogP contribution is -2.40. The predicted octanol–water partition coefficient (Wildman–Crippen LogP) is 10.2. The van der Waals surface area contributed by atoms with Crippen LogP contribution in [0.1, 0.15) is 51.2 Å². The van der Waals surface area contributed by atoms with E-state index in [1.165, 1.54) is 33.4 Å². The highest BCUT2D eigenvalue weighted by atomic mass is 16.5. The summed E-state index contributed by atoms with van der Waals surface area (Å²) >= 11 is 0. The van der Waals surface area contributed by atoms with Crippen molar-refractivity contribution in [3.8, 4) is 39.8 Å². The van der Waals surface area contributed by atoms with E-state index < -0.39 is 5.41 Å². The Labute approximate surface area is 297 Å². The van der Waals surface area contributed by atoms with Crippen LogP contribution in [-0.2, 0) is 5.41 Å². The van der Waals surface area contributed by atoms with Crippen LogP contribution >= 0.6 is 0 Å². The summed E-state index contributed by atoms with van der Waals surface area (Å²) in [6, 6.07) is 51.4. The van der Waals surface area contributed by atoms with E-state index in [9.17, 15) is 5.26 Å². The second kappa shape index (κ2) is 11.5. The maximum absolute atomic E-state index is 9.45. The zero-order valence-electron chi connectivity index (χ0n) is 27.6. The minimum Gasteiger partial charge on any atom is -0.457 e. The average Bonchev–Trinajstić information content (AvgIpc) is 3.84. The van der Waals surface area contributed by atoms with E-state index >= 15 is 0 Å². The fourth-order valence-corrected chi connectivity index (χ4v) is 8.35. The molecule has 2 aliphatic heterocycles. The maximum atomic E-state index is 9.45. The minimum atomic E-state index is -0.619. The molecule has 2 heterocycles. The molecule has 4 heteroatoms. The van der Waals surface area contributed by atoms with Gasteiger partial charge in [-0.1, -0.05) is 115 Å². The Balaban J connectivity index is 1.20. The number of hydrogen-bond donors (Lipinski definition) is 2. The molecule has 240 valence electrons. The van der Waals surface area contributed by atoms with Crippen molar-refractivity contribution in [2.45, 2.75) is 17.6 Å². The molecule has 4 aliphatic rings. The molecule has 2 aliphatic carbocycles. The molecule has 6 aromatic rings. The predicted molar refractivity (Wildman–Crippen MR) is 201 cm³/mol. The van der Waals surface area contributed by atoms with Gasteiger partial charge in [0.2, 0.25) is 0 Å². The van der Waals surface area contributed by atoms with Crippen LogP contribution < -0.4 is 15.4 Å². The van der Waals surface area contributed by atoms with Crippen molar-refractivity contribution < 1.29 is 4.74 Å². The molecule has 2 atom stereocenters. The van der Waals surface area contributed by atoms with E-state index in [1.807, 2.05) is 36.4 Å². The van der Waals surface area contributed by atoms with E-state index in [0.29, 0.717) is 5.56 Å². The topological polar surface area (TPSA) is 57.1 Å². The van der Waals surface area contributed by atoms with Gasteiger partial charge in [0.15, 0.2) is 0 Å². The van der Waals surface area contributed by atoms with Crippen LogP contribution in [0.2, 0.25) is 0 Å². The molecule has 0 fully saturated rings. The summed E-state index contributed by atoms with van der Waals surface area (Å²) in [6.45, 7) is 0. The van der Waals surface area contributed by atoms with Gasteiger partial charge in [-0.2, -0.15) is 5.26 Å². The lowest BCUT2D eigenvalue weighted by molar-refractivity contribution is 0.419. The number of rotatable bonds is 4. The number of fused-ring (bicyclic) bond motifs is 9. The Morgan fingerprint density at radius 1 is 0.647 bits per heavy atom. The molecule has 2 N–H and O–H groups in total. The molecule has 0 radical (unpaired) electrons. The number of benzene rings is 6. The molecule has 0 saturated carbocycles. The van der Waals surface area contributed by atoms with Crippen LogP contribution in [0.5, 0.6) is 11.5 Å². The lowest BCUT2D eigenvalue weighted by Gasteiger charge is -2.40. The minimum absolute atomic E-state index is 0.0691. The molecule has 10 rings (SSSR count). The molecule has 51 heavy (non-hydrogen) atoms. The first kappa shape index (κ1) is 29.3. The number of ether oxygens (including phenoxy) is 1. The van der Waals surface area contributed by atoms with Crippen LogP contribution in [0.15, 0.2) is 181 Å². The van der Waals surface area contributed by atoms with Crippen molar-refractivity contribution in [1.29, 1.82) is 5.26 Å². The van der Waals surface area contributed by atoms with Crippen LogP contribution in [0, 0.1) is 11.3 Å². The van der Waals surface area contributed by atoms with Gasteiger partial charge in [0.1, 0.15) is 17.7 Å². The highest BCUT2D eigenvalue weighted by molar-refractivity contribution is 5.90. The number of nitriles is 1. The standard InChI is InChI=1S/C47H31N3O/c48-29-30-18-20-31(21-19-30)34-22-24-36-37-25-23-35(43-28-42(32-10-4-5-11-32)49-46(50-43)33-12-2-1-3-13-33)27-41(37)47(40(36)26-34)38-14-6-8-16-44(38)51-45-17-9-7-15-39(45)47/h1-10,12-28,43,46,49-50H. The molecule has 6 aromatic carbocycles. The average molecular weight is 654 g/mol. The Morgan fingerprint density at radius 3 is 2.02 bits per heavy atom. The van der Waals surface area contributed by atoms with Gasteiger partial charge in [-0.25, -0.2) is 0 Å². The van der Waals surface area contributed by atoms with Crippen molar-refractivity contribution >= 4 is 0 Å². The number of allylic oxidation sites excluding steroid dienone is 2. The summed E-state index contributed by atoms with van der Waals surface area (Å²) in [5.41, 5.74) is 17.2. The molecule has 0 aromatic heterocycles. The third kappa shape index (κ3) is 4.50. The summed E-state index contributed by atoms with van der Waals surface area (Å²) in [5.74, 6) is 1.73. The fraction of sp³-hybridized carbons (Fsp3) is 0.0638. The highest BCUT2D eigenvalue weighted by Gasteiger charge is 2.51. The molecule has 0 bridgehead atoms. The number of hydrogen-bond acceptors (Lipinski definition) is 4. The second-order valence-electron chi connectivity index (χ2n) is 13.4. The van der Waals surface area contributed by atoms with Gasteiger partial charge in [-0.3, -0.25) is 5.32 Å². The Kier molecular flexibility index (Phi) is 6.59. The van der Waals surface area contributed by atoms with Crippen LogP contribution in [0.4, 0.5) is 0 Å². The van der Waals surface area contributed by atoms with Crippen molar-refractivity contribution in [3.63, 3.8) is 0 Å². The molecular formula is C47H31N3O. The lowest BCUT2D eigenvalue weighted by atomic mass is 9.65. The van der Waals surface area contributed by atoms with Gasteiger partial charge in [0, 0.05) is 22.4 Å². The molecule has 1 spiro atoms. The first-order valence-electron chi connectivity index (χ1n) is 17.3. The SMILES string of the molecule is N#Cc1ccc(-c2ccc3c(c2)C2(c4ccccc4Oc4ccccc42)c2cc(C4C=C(C5=C=CC=C5)NC(c5ccccc5)N4)ccc2-3)cc1. The van der Waals surface area contributed by atoms with Crippen LogP contribution in [0.3, 0.4) is 0 Å². The van der Waals surface area contributed by atoms with Crippen molar-refractivity contribution in [2.24, 2.45) is 0 Å². The summed E-state index contributed by atoms with van der Waals surface area (Å²) in [6.07, 6.45) is 8.32. The number of nitrogens with zero attached hydrogens (tertiary/aromatic N) is 1. The van der Waals surface area contributed by atoms with Crippen molar-refractivity contribution in [2.75, 3.05) is 0 Å². The first-order valence-corrected chi connectivity index (χ1v) is 17.3. The number of para-hydroxylation sites is 2. The zero-order chi connectivity index (χ0) is 33.9. The van der Waals surface area contributed by atoms with E-state index in [2.05, 4.69) is 150 Å². The Bertz CT molecular complexity index is 2520. The quantitative estimate of drug-likeness (QED) is 0.186. The van der Waals surface area contributed by atoms with Gasteiger partial charge >= 0.3 is 0 Å². The largest absolute Gasteiger partial charge is 0.457 e. The molecular weight excluding hydrogens is 623 g/mol. The summed E-state index contributed by atoms with van der Waals surface area (Å²) in [4.78, 5) is 0. The van der Waals surface area contributed by atoms with Crippen molar-refractivity contribution in [1.82, 2.24) is 10.6 Å². The number of nitrogens with one attached hydrogen (secondary N) is 2. The van der Waals surface area contributed by atoms with E-state index in [0.717, 1.165) is 45.0 Å². The second-order valence-corrected chi connectivity index (χ2v) is 13.4. The van der Waals surface area contributed by atoms with Crippen LogP contribution in [-0.4, -0.2) is 0 Å². The molecule has 2 unspecified atom stereocenters. The van der Waals surface area contributed by atoms with Crippen LogP contribution in [0.25, 0.3) is 22.3 Å². The Morgan fingerprint density at radius 2 is 1.31 bits per heavy atom. The third-order valence-electron chi connectivity index (χ3n) is 10.7. The zero-order valence-corrected chi connectivity index (χ0v) is 27.6. The summed E-state index contributed by atoms with van der Waals surface area (Å²) in [7, 11) is 0. The van der Waals surface area contributed by atoms with E-state index in [1.54, 1.807) is 0 Å². The smallest absolute Gasteiger partial charge is 0.132 e. The monoisotopic (exact) mass is 653 g/mol. The normalized spacial score (nSPS) is 18.3. The molecule has 4 nitrogen and oxygen atoms in total.